The van der Waals surface area contributed by atoms with Crippen LogP contribution < -0.4 is 5.32 Å². The van der Waals surface area contributed by atoms with Gasteiger partial charge in [0.25, 0.3) is 0 Å². The lowest BCUT2D eigenvalue weighted by Crippen LogP contribution is -2.12. The molecule has 0 fully saturated rings. The van der Waals surface area contributed by atoms with Crippen LogP contribution in [0.2, 0.25) is 0 Å². The fourth-order valence-corrected chi connectivity index (χ4v) is 1.43. The minimum atomic E-state index is 0.246. The third-order valence-electron chi connectivity index (χ3n) is 2.26. The zero-order valence-corrected chi connectivity index (χ0v) is 10.1. The summed E-state index contributed by atoms with van der Waals surface area (Å²) in [5.74, 6) is 0.723. The van der Waals surface area contributed by atoms with E-state index in [1.165, 1.54) is 11.1 Å². The van der Waals surface area contributed by atoms with Gasteiger partial charge in [0, 0.05) is 12.4 Å². The van der Waals surface area contributed by atoms with E-state index in [9.17, 15) is 0 Å². The number of hydrogen-bond acceptors (Lipinski definition) is 2. The number of thiol groups is 1. The fourth-order valence-electron chi connectivity index (χ4n) is 1.32. The van der Waals surface area contributed by atoms with Crippen molar-refractivity contribution in [2.45, 2.75) is 32.7 Å². The molecule has 0 atom stereocenters. The van der Waals surface area contributed by atoms with Crippen LogP contribution in [-0.4, -0.2) is 5.88 Å². The van der Waals surface area contributed by atoms with Gasteiger partial charge in [-0.25, -0.2) is 0 Å². The molecule has 0 saturated heterocycles. The molecule has 0 spiro atoms. The van der Waals surface area contributed by atoms with Crippen molar-refractivity contribution in [1.82, 2.24) is 5.32 Å². The van der Waals surface area contributed by atoms with Gasteiger partial charge in [-0.15, -0.1) is 0 Å². The first-order valence-corrected chi connectivity index (χ1v) is 5.58. The molecule has 0 heterocycles. The molecule has 1 aromatic rings. The van der Waals surface area contributed by atoms with E-state index >= 15 is 0 Å². The maximum atomic E-state index is 4.11. The highest BCUT2D eigenvalue weighted by molar-refractivity contribution is 7.80. The van der Waals surface area contributed by atoms with Crippen LogP contribution in [-0.2, 0) is 12.0 Å². The standard InChI is InChI=1S/C12H19NS/c1-12(2,3)11-6-4-10(5-7-11)8-13-9-14/h4-7,13-14H,8-9H2,1-3H3. The van der Waals surface area contributed by atoms with Crippen molar-refractivity contribution in [3.05, 3.63) is 35.4 Å². The van der Waals surface area contributed by atoms with Crippen molar-refractivity contribution in [2.24, 2.45) is 0 Å². The Morgan fingerprint density at radius 2 is 1.71 bits per heavy atom. The normalized spacial score (nSPS) is 11.7. The van der Waals surface area contributed by atoms with Crippen molar-refractivity contribution in [3.8, 4) is 0 Å². The summed E-state index contributed by atoms with van der Waals surface area (Å²) in [4.78, 5) is 0. The Hall–Kier alpha value is -0.470. The summed E-state index contributed by atoms with van der Waals surface area (Å²) in [6, 6.07) is 8.76. The van der Waals surface area contributed by atoms with Gasteiger partial charge in [0.15, 0.2) is 0 Å². The Morgan fingerprint density at radius 1 is 1.14 bits per heavy atom. The number of rotatable bonds is 3. The van der Waals surface area contributed by atoms with E-state index in [0.29, 0.717) is 0 Å². The van der Waals surface area contributed by atoms with Crippen molar-refractivity contribution in [2.75, 3.05) is 5.88 Å². The van der Waals surface area contributed by atoms with Gasteiger partial charge in [0.05, 0.1) is 0 Å². The average molecular weight is 209 g/mol. The Morgan fingerprint density at radius 3 is 2.14 bits per heavy atom. The molecule has 0 aliphatic heterocycles. The fraction of sp³-hybridized carbons (Fsp3) is 0.500. The Kier molecular flexibility index (Phi) is 4.02. The molecule has 78 valence electrons. The van der Waals surface area contributed by atoms with Crippen LogP contribution in [0.15, 0.2) is 24.3 Å². The predicted molar refractivity (Wildman–Crippen MR) is 65.8 cm³/mol. The Bertz CT molecular complexity index is 271. The summed E-state index contributed by atoms with van der Waals surface area (Å²) in [5, 5.41) is 3.19. The number of nitrogens with one attached hydrogen (secondary N) is 1. The van der Waals surface area contributed by atoms with E-state index < -0.39 is 0 Å². The average Bonchev–Trinajstić information content (AvgIpc) is 2.14. The van der Waals surface area contributed by atoms with E-state index in [0.717, 1.165) is 12.4 Å². The van der Waals surface area contributed by atoms with Gasteiger partial charge in [-0.05, 0) is 16.5 Å². The Labute approximate surface area is 92.3 Å². The van der Waals surface area contributed by atoms with E-state index in [-0.39, 0.29) is 5.41 Å². The molecule has 0 bridgehead atoms. The van der Waals surface area contributed by atoms with E-state index in [4.69, 9.17) is 0 Å². The van der Waals surface area contributed by atoms with Crippen molar-refractivity contribution >= 4 is 12.6 Å². The minimum absolute atomic E-state index is 0.246. The van der Waals surface area contributed by atoms with Crippen LogP contribution in [0.1, 0.15) is 31.9 Å². The zero-order chi connectivity index (χ0) is 10.6. The van der Waals surface area contributed by atoms with Crippen molar-refractivity contribution in [1.29, 1.82) is 0 Å². The first kappa shape index (κ1) is 11.6. The summed E-state index contributed by atoms with van der Waals surface area (Å²) in [5.41, 5.74) is 2.94. The third-order valence-corrected chi connectivity index (χ3v) is 2.48. The molecule has 14 heavy (non-hydrogen) atoms. The maximum absolute atomic E-state index is 4.11. The SMILES string of the molecule is CC(C)(C)c1ccc(CNCS)cc1. The molecule has 1 nitrogen and oxygen atoms in total. The van der Waals surface area contributed by atoms with E-state index in [1.54, 1.807) is 0 Å². The summed E-state index contributed by atoms with van der Waals surface area (Å²) in [6.45, 7) is 7.59. The summed E-state index contributed by atoms with van der Waals surface area (Å²) in [6.07, 6.45) is 0. The second kappa shape index (κ2) is 4.85. The van der Waals surface area contributed by atoms with Crippen LogP contribution in [0, 0.1) is 0 Å². The van der Waals surface area contributed by atoms with Gasteiger partial charge >= 0.3 is 0 Å². The second-order valence-corrected chi connectivity index (χ2v) is 4.85. The van der Waals surface area contributed by atoms with Crippen molar-refractivity contribution < 1.29 is 0 Å². The smallest absolute Gasteiger partial charge is 0.0390 e. The highest BCUT2D eigenvalue weighted by Gasteiger charge is 2.12. The highest BCUT2D eigenvalue weighted by atomic mass is 32.1. The molecule has 0 saturated carbocycles. The van der Waals surface area contributed by atoms with Gasteiger partial charge in [-0.1, -0.05) is 45.0 Å². The second-order valence-electron chi connectivity index (χ2n) is 4.53. The van der Waals surface area contributed by atoms with Gasteiger partial charge in [0.2, 0.25) is 0 Å². The van der Waals surface area contributed by atoms with Gasteiger partial charge in [-0.3, -0.25) is 0 Å². The molecule has 0 amide bonds. The maximum Gasteiger partial charge on any atom is 0.0390 e. The zero-order valence-electron chi connectivity index (χ0n) is 9.17. The lowest BCUT2D eigenvalue weighted by Gasteiger charge is -2.19. The van der Waals surface area contributed by atoms with Gasteiger partial charge < -0.3 is 5.32 Å². The van der Waals surface area contributed by atoms with Crippen LogP contribution in [0.3, 0.4) is 0 Å². The van der Waals surface area contributed by atoms with Crippen molar-refractivity contribution in [3.63, 3.8) is 0 Å². The predicted octanol–water partition coefficient (Wildman–Crippen LogP) is 2.96. The minimum Gasteiger partial charge on any atom is -0.304 e. The lowest BCUT2D eigenvalue weighted by atomic mass is 9.87. The van der Waals surface area contributed by atoms with E-state index in [1.807, 2.05) is 0 Å². The Balaban J connectivity index is 2.69. The number of benzene rings is 1. The molecule has 0 aromatic heterocycles. The molecule has 1 rings (SSSR count). The molecule has 2 heteroatoms. The molecular weight excluding hydrogens is 190 g/mol. The van der Waals surface area contributed by atoms with Crippen LogP contribution in [0.5, 0.6) is 0 Å². The molecule has 1 N–H and O–H groups in total. The summed E-state index contributed by atoms with van der Waals surface area (Å²) >= 11 is 4.11. The first-order valence-electron chi connectivity index (χ1n) is 4.95. The topological polar surface area (TPSA) is 12.0 Å². The van der Waals surface area contributed by atoms with Gasteiger partial charge in [-0.2, -0.15) is 12.6 Å². The van der Waals surface area contributed by atoms with Crippen LogP contribution in [0.25, 0.3) is 0 Å². The molecule has 0 aliphatic carbocycles. The molecule has 1 aromatic carbocycles. The molecule has 0 aliphatic rings. The third kappa shape index (κ3) is 3.35. The van der Waals surface area contributed by atoms with Crippen LogP contribution >= 0.6 is 12.6 Å². The monoisotopic (exact) mass is 209 g/mol. The summed E-state index contributed by atoms with van der Waals surface area (Å²) in [7, 11) is 0. The lowest BCUT2D eigenvalue weighted by molar-refractivity contribution is 0.590. The summed E-state index contributed by atoms with van der Waals surface area (Å²) < 4.78 is 0. The molecule has 0 radical (unpaired) electrons. The highest BCUT2D eigenvalue weighted by Crippen LogP contribution is 2.21. The van der Waals surface area contributed by atoms with E-state index in [2.05, 4.69) is 63.0 Å². The largest absolute Gasteiger partial charge is 0.304 e. The van der Waals surface area contributed by atoms with Gasteiger partial charge in [0.1, 0.15) is 0 Å². The van der Waals surface area contributed by atoms with Crippen LogP contribution in [0.4, 0.5) is 0 Å². The first-order chi connectivity index (χ1) is 6.54. The quantitative estimate of drug-likeness (QED) is 0.576. The molecular formula is C12H19NS. The number of hydrogen-bond donors (Lipinski definition) is 2. The molecule has 0 unspecified atom stereocenters.